The molecule has 1 aromatic carbocycles. The van der Waals surface area contributed by atoms with E-state index in [1.165, 1.54) is 14.2 Å². The van der Waals surface area contributed by atoms with Crippen molar-refractivity contribution in [3.8, 4) is 0 Å². The van der Waals surface area contributed by atoms with Crippen molar-refractivity contribution in [2.24, 2.45) is 35.3 Å². The number of carbonyl (C=O) groups is 9. The molecule has 24 nitrogen and oxygen atoms in total. The minimum absolute atomic E-state index is 0.00294. The largest absolute Gasteiger partial charge is 0.542 e. The summed E-state index contributed by atoms with van der Waals surface area (Å²) in [6.07, 6.45) is -1.95. The van der Waals surface area contributed by atoms with Gasteiger partial charge in [0.15, 0.2) is 6.04 Å². The van der Waals surface area contributed by atoms with Gasteiger partial charge in [-0.2, -0.15) is 13.2 Å². The maximum Gasteiger partial charge on any atom is 0.430 e. The van der Waals surface area contributed by atoms with Crippen molar-refractivity contribution in [3.63, 3.8) is 0 Å². The molecule has 4 rings (SSSR count). The third kappa shape index (κ3) is 20.9. The highest BCUT2D eigenvalue weighted by atomic mass is 19.4. The number of anilines is 1. The molecule has 2 heterocycles. The van der Waals surface area contributed by atoms with Crippen molar-refractivity contribution in [2.45, 2.75) is 206 Å². The number of nitrogens with one attached hydrogen (secondary N) is 6. The maximum atomic E-state index is 15.0. The van der Waals surface area contributed by atoms with Crippen LogP contribution in [0.1, 0.15) is 138 Å². The zero-order valence-corrected chi connectivity index (χ0v) is 53.8. The van der Waals surface area contributed by atoms with E-state index >= 15 is 4.79 Å². The Morgan fingerprint density at radius 1 is 0.874 bits per heavy atom. The number of urea groups is 1. The van der Waals surface area contributed by atoms with Gasteiger partial charge in [0.2, 0.25) is 23.6 Å². The SMILES string of the molecule is CCC(C)C(C(CC(=O)N1CCC[C@H]1C(OC)C(C)C(=O)OC)OC)N(C)C(=O)C(NC(=O)[C@@H]1[C@H]2CC[C@H](C2)[N+]1(C)Cc1ccc(NC(=O)C(CCCNC(N)=O)NC(=O)C(NC(=O)OC(C)(C)C)C(C)C)cc1CNC)C(C)C.O=C([O-])C(F)(F)F. The Bertz CT molecular complexity index is 2520. The summed E-state index contributed by atoms with van der Waals surface area (Å²) < 4.78 is 54.3. The Kier molecular flexibility index (Phi) is 28.7. The molecule has 494 valence electrons. The number of fused-ring (bicyclic) bond motifs is 2. The molecule has 0 aromatic heterocycles. The number of hydrogen-bond donors (Lipinski definition) is 7. The Balaban J connectivity index is 0.00000265. The molecule has 0 radical (unpaired) electrons. The Morgan fingerprint density at radius 3 is 2.03 bits per heavy atom. The Morgan fingerprint density at radius 2 is 1.51 bits per heavy atom. The number of likely N-dealkylation sites (N-methyl/N-ethyl adjacent to an activating group) is 2. The lowest BCUT2D eigenvalue weighted by Crippen LogP contribution is -2.64. The van der Waals surface area contributed by atoms with Gasteiger partial charge in [-0.15, -0.1) is 0 Å². The van der Waals surface area contributed by atoms with Crippen LogP contribution in [0.2, 0.25) is 0 Å². The number of ether oxygens (including phenoxy) is 4. The van der Waals surface area contributed by atoms with Crippen molar-refractivity contribution >= 4 is 59.3 Å². The highest BCUT2D eigenvalue weighted by molar-refractivity contribution is 5.98. The number of nitrogens with zero attached hydrogens (tertiary/aromatic N) is 3. The summed E-state index contributed by atoms with van der Waals surface area (Å²) in [6.45, 7) is 19.9. The van der Waals surface area contributed by atoms with Crippen LogP contribution in [0.3, 0.4) is 0 Å². The molecule has 13 atom stereocenters. The summed E-state index contributed by atoms with van der Waals surface area (Å²) in [5.41, 5.74) is 6.84. The number of likely N-dealkylation sites (tertiary alicyclic amines) is 2. The van der Waals surface area contributed by atoms with Gasteiger partial charge in [0.25, 0.3) is 5.91 Å². The number of carboxylic acids is 1. The van der Waals surface area contributed by atoms with E-state index < -0.39 is 96.0 Å². The maximum absolute atomic E-state index is 15.0. The normalized spacial score (nSPS) is 21.8. The third-order valence-electron chi connectivity index (χ3n) is 17.1. The van der Waals surface area contributed by atoms with Gasteiger partial charge in [-0.3, -0.25) is 28.8 Å². The van der Waals surface area contributed by atoms with Crippen LogP contribution in [0.5, 0.6) is 0 Å². The van der Waals surface area contributed by atoms with Gasteiger partial charge in [0, 0.05) is 64.5 Å². The number of quaternary nitrogens is 1. The smallest absolute Gasteiger partial charge is 0.430 e. The van der Waals surface area contributed by atoms with Crippen LogP contribution < -0.4 is 42.7 Å². The Labute approximate surface area is 510 Å². The summed E-state index contributed by atoms with van der Waals surface area (Å²) in [5.74, 6) is -6.34. The number of amides is 8. The van der Waals surface area contributed by atoms with E-state index in [0.717, 1.165) is 36.8 Å². The number of halogens is 3. The van der Waals surface area contributed by atoms with Gasteiger partial charge >= 0.3 is 24.3 Å². The monoisotopic (exact) mass is 1240 g/mol. The lowest BCUT2D eigenvalue weighted by Gasteiger charge is -2.45. The minimum Gasteiger partial charge on any atom is -0.542 e. The molecule has 27 heteroatoms. The molecule has 1 aliphatic carbocycles. The predicted octanol–water partition coefficient (Wildman–Crippen LogP) is 3.86. The third-order valence-corrected chi connectivity index (χ3v) is 17.1. The summed E-state index contributed by atoms with van der Waals surface area (Å²) >= 11 is 0. The first-order valence-corrected chi connectivity index (χ1v) is 30.0. The number of esters is 1. The second-order valence-electron chi connectivity index (χ2n) is 25.2. The van der Waals surface area contributed by atoms with Gasteiger partial charge < -0.3 is 80.8 Å². The van der Waals surface area contributed by atoms with Crippen molar-refractivity contribution < 1.29 is 84.9 Å². The molecule has 2 aliphatic heterocycles. The van der Waals surface area contributed by atoms with Crippen LogP contribution >= 0.6 is 0 Å². The molecule has 8 amide bonds. The van der Waals surface area contributed by atoms with E-state index in [1.54, 1.807) is 71.6 Å². The van der Waals surface area contributed by atoms with Crippen LogP contribution in [0.25, 0.3) is 0 Å². The molecule has 9 unspecified atom stereocenters. The minimum atomic E-state index is -5.19. The van der Waals surface area contributed by atoms with E-state index in [2.05, 4.69) is 38.9 Å². The van der Waals surface area contributed by atoms with Crippen LogP contribution in [0.15, 0.2) is 18.2 Å². The number of primary amides is 1. The molecule has 87 heavy (non-hydrogen) atoms. The van der Waals surface area contributed by atoms with E-state index in [0.29, 0.717) is 49.1 Å². The first-order chi connectivity index (χ1) is 40.5. The summed E-state index contributed by atoms with van der Waals surface area (Å²) in [5, 5.41) is 26.3. The van der Waals surface area contributed by atoms with Gasteiger partial charge in [-0.25, -0.2) is 9.59 Å². The topological polar surface area (TPSA) is 318 Å². The van der Waals surface area contributed by atoms with E-state index in [4.69, 9.17) is 34.6 Å². The molecule has 1 aromatic rings. The van der Waals surface area contributed by atoms with Gasteiger partial charge in [0.1, 0.15) is 36.2 Å². The van der Waals surface area contributed by atoms with E-state index in [9.17, 15) is 46.7 Å². The number of carboxylic acid groups (broad SMARTS) is 1. The van der Waals surface area contributed by atoms with Crippen molar-refractivity contribution in [2.75, 3.05) is 60.9 Å². The predicted molar refractivity (Wildman–Crippen MR) is 315 cm³/mol. The number of rotatable bonds is 29. The number of methoxy groups -OCH3 is 3. The average molecular weight is 1240 g/mol. The van der Waals surface area contributed by atoms with Crippen molar-refractivity contribution in [1.29, 1.82) is 0 Å². The van der Waals surface area contributed by atoms with Gasteiger partial charge in [0.05, 0.1) is 56.8 Å². The highest BCUT2D eigenvalue weighted by Crippen LogP contribution is 2.48. The molecule has 2 bridgehead atoms. The second-order valence-corrected chi connectivity index (χ2v) is 25.2. The fourth-order valence-corrected chi connectivity index (χ4v) is 12.5. The average Bonchev–Trinajstić information content (AvgIpc) is 1.61. The van der Waals surface area contributed by atoms with E-state index in [1.807, 2.05) is 46.9 Å². The molecule has 0 spiro atoms. The zero-order chi connectivity index (χ0) is 66.1. The molecule has 2 saturated heterocycles. The van der Waals surface area contributed by atoms with Crippen LogP contribution in [-0.4, -0.2) is 190 Å². The molecule has 1 saturated carbocycles. The lowest BCUT2D eigenvalue weighted by atomic mass is 9.89. The number of piperidine rings is 1. The number of carbonyl (C=O) groups excluding carboxylic acids is 9. The molecule has 8 N–H and O–H groups in total. The summed E-state index contributed by atoms with van der Waals surface area (Å²) in [6, 6.07) is 0.860. The number of benzene rings is 1. The first-order valence-electron chi connectivity index (χ1n) is 30.0. The van der Waals surface area contributed by atoms with Crippen molar-refractivity contribution in [1.82, 2.24) is 36.4 Å². The summed E-state index contributed by atoms with van der Waals surface area (Å²) in [7, 11) is 10.1. The number of alkyl halides is 3. The van der Waals surface area contributed by atoms with E-state index in [-0.39, 0.29) is 72.9 Å². The molecule has 3 aliphatic rings. The zero-order valence-electron chi connectivity index (χ0n) is 53.8. The van der Waals surface area contributed by atoms with Crippen molar-refractivity contribution in [3.05, 3.63) is 29.3 Å². The Hall–Kier alpha value is -6.32. The first kappa shape index (κ1) is 74.9. The number of aliphatic carboxylic acids is 1. The quantitative estimate of drug-likeness (QED) is 0.0340. The lowest BCUT2D eigenvalue weighted by molar-refractivity contribution is -0.952. The molecular weight excluding hydrogens is 1140 g/mol. The van der Waals surface area contributed by atoms with Gasteiger partial charge in [-0.1, -0.05) is 54.0 Å². The number of nitrogens with two attached hydrogens (primary N) is 1. The fourth-order valence-electron chi connectivity index (χ4n) is 12.5. The standard InChI is InChI=1S/C58H98N10O12.C2HF3O2/c1-17-35(6)48(44(77-14)30-45(69)67-27-19-21-43(67)50(78-15)36(7)55(74)79-16)66(12)54(73)47(34(4)5)64-53(72)49-37-23-25-41(29-37)68(49,13)32-38-22-24-40(28-39(38)31-60-11)62-51(70)42(20-18-26-61-56(59)75)63-52(71)46(33(2)3)65-57(76)80-58(8,9)10;3-2(4,5)1(6)7/h22,24,28,33-37,41-44,46-50,60H,17-21,23,25-27,29-32H2,1-16H3,(H6-,59,61,62,63,64,65,70,71,72,75,76);(H,6,7)/t35?,36?,37-,41+,42?,43-,44?,46?,47?,48?,49-,50?,68?;/m0./s1. The van der Waals surface area contributed by atoms with Crippen LogP contribution in [0.4, 0.5) is 28.4 Å². The van der Waals surface area contributed by atoms with Crippen LogP contribution in [-0.2, 0) is 65.6 Å². The molecular formula is C60H99F3N10O14. The number of alkyl carbamates (subject to hydrolysis) is 1. The fraction of sp³-hybridized carbons (Fsp3) is 0.750. The second kappa shape index (κ2) is 33.3. The molecule has 3 fully saturated rings. The van der Waals surface area contributed by atoms with Gasteiger partial charge in [-0.05, 0) is 109 Å². The summed E-state index contributed by atoms with van der Waals surface area (Å²) in [4.78, 5) is 121. The number of hydrogen-bond acceptors (Lipinski definition) is 15. The van der Waals surface area contributed by atoms with Crippen LogP contribution in [0, 0.1) is 29.6 Å². The highest BCUT2D eigenvalue weighted by Gasteiger charge is 2.60.